The monoisotopic (exact) mass is 378 g/mol. The molecule has 28 heavy (non-hydrogen) atoms. The molecule has 2 saturated heterocycles. The van der Waals surface area contributed by atoms with Crippen molar-refractivity contribution in [3.8, 4) is 0 Å². The van der Waals surface area contributed by atoms with Crippen LogP contribution in [0.1, 0.15) is 31.2 Å². The van der Waals surface area contributed by atoms with Crippen LogP contribution < -0.4 is 4.90 Å². The smallest absolute Gasteiger partial charge is 0.256 e. The molecule has 0 aliphatic carbocycles. The predicted octanol–water partition coefficient (Wildman–Crippen LogP) is 3.91. The SMILES string of the molecule is O=C([C@H]1CCCO1)N(c1ccccc1)C1CCN(CCc2ccccc2)CC1. The summed E-state index contributed by atoms with van der Waals surface area (Å²) in [6, 6.07) is 21.1. The molecule has 2 aliphatic heterocycles. The molecule has 1 amide bonds. The standard InChI is InChI=1S/C24H30N2O2/c27-24(23-12-7-19-28-23)26(21-10-5-2-6-11-21)22-14-17-25(18-15-22)16-13-20-8-3-1-4-9-20/h1-6,8-11,22-23H,7,12-19H2/t23-/m1/s1. The third-order valence-electron chi connectivity index (χ3n) is 5.96. The molecule has 0 saturated carbocycles. The number of para-hydroxylation sites is 1. The average molecular weight is 379 g/mol. The summed E-state index contributed by atoms with van der Waals surface area (Å²) >= 11 is 0. The van der Waals surface area contributed by atoms with Crippen LogP contribution in [0.15, 0.2) is 60.7 Å². The van der Waals surface area contributed by atoms with Crippen molar-refractivity contribution in [1.82, 2.24) is 4.90 Å². The second-order valence-corrected chi connectivity index (χ2v) is 7.85. The molecule has 0 unspecified atom stereocenters. The quantitative estimate of drug-likeness (QED) is 0.764. The molecule has 2 fully saturated rings. The summed E-state index contributed by atoms with van der Waals surface area (Å²) in [6.45, 7) is 3.87. The average Bonchev–Trinajstić information content (AvgIpc) is 3.30. The number of likely N-dealkylation sites (tertiary alicyclic amines) is 1. The van der Waals surface area contributed by atoms with E-state index in [-0.39, 0.29) is 18.1 Å². The summed E-state index contributed by atoms with van der Waals surface area (Å²) in [6.07, 6.45) is 4.68. The van der Waals surface area contributed by atoms with Crippen LogP contribution in [0.5, 0.6) is 0 Å². The lowest BCUT2D eigenvalue weighted by Gasteiger charge is -2.39. The lowest BCUT2D eigenvalue weighted by molar-refractivity contribution is -0.128. The van der Waals surface area contributed by atoms with Crippen LogP contribution in [0.4, 0.5) is 5.69 Å². The van der Waals surface area contributed by atoms with E-state index >= 15 is 0 Å². The first kappa shape index (κ1) is 19.2. The largest absolute Gasteiger partial charge is 0.368 e. The lowest BCUT2D eigenvalue weighted by atomic mass is 10.00. The van der Waals surface area contributed by atoms with E-state index in [9.17, 15) is 4.79 Å². The van der Waals surface area contributed by atoms with Crippen molar-refractivity contribution >= 4 is 11.6 Å². The zero-order valence-corrected chi connectivity index (χ0v) is 16.5. The number of hydrogen-bond acceptors (Lipinski definition) is 3. The summed E-state index contributed by atoms with van der Waals surface area (Å²) in [4.78, 5) is 17.8. The van der Waals surface area contributed by atoms with Crippen molar-refractivity contribution in [1.29, 1.82) is 0 Å². The number of carbonyl (C=O) groups excluding carboxylic acids is 1. The molecule has 4 nitrogen and oxygen atoms in total. The highest BCUT2D eigenvalue weighted by molar-refractivity contribution is 5.97. The Morgan fingerprint density at radius 1 is 0.964 bits per heavy atom. The van der Waals surface area contributed by atoms with Gasteiger partial charge in [-0.1, -0.05) is 48.5 Å². The summed E-state index contributed by atoms with van der Waals surface area (Å²) in [5.74, 6) is 0.145. The Hall–Kier alpha value is -2.17. The van der Waals surface area contributed by atoms with Gasteiger partial charge >= 0.3 is 0 Å². The van der Waals surface area contributed by atoms with E-state index < -0.39 is 0 Å². The predicted molar refractivity (Wildman–Crippen MR) is 113 cm³/mol. The van der Waals surface area contributed by atoms with Crippen LogP contribution >= 0.6 is 0 Å². The number of anilines is 1. The maximum absolute atomic E-state index is 13.2. The van der Waals surface area contributed by atoms with E-state index in [1.807, 2.05) is 23.1 Å². The van der Waals surface area contributed by atoms with Gasteiger partial charge in [0.25, 0.3) is 5.91 Å². The van der Waals surface area contributed by atoms with Crippen LogP contribution in [0, 0.1) is 0 Å². The molecule has 4 rings (SSSR count). The van der Waals surface area contributed by atoms with Gasteiger partial charge in [0, 0.05) is 38.0 Å². The maximum atomic E-state index is 13.2. The van der Waals surface area contributed by atoms with E-state index in [1.54, 1.807) is 0 Å². The van der Waals surface area contributed by atoms with Gasteiger partial charge in [0.05, 0.1) is 0 Å². The molecule has 2 aliphatic rings. The van der Waals surface area contributed by atoms with Gasteiger partial charge < -0.3 is 14.5 Å². The third-order valence-corrected chi connectivity index (χ3v) is 5.96. The molecule has 4 heteroatoms. The van der Waals surface area contributed by atoms with Gasteiger partial charge in [0.1, 0.15) is 6.10 Å². The number of carbonyl (C=O) groups is 1. The lowest BCUT2D eigenvalue weighted by Crippen LogP contribution is -2.50. The molecule has 0 bridgehead atoms. The fraction of sp³-hybridized carbons (Fsp3) is 0.458. The Labute approximate surface area is 168 Å². The number of amides is 1. The van der Waals surface area contributed by atoms with Crippen LogP contribution in [0.2, 0.25) is 0 Å². The Balaban J connectivity index is 1.38. The van der Waals surface area contributed by atoms with Gasteiger partial charge in [0.2, 0.25) is 0 Å². The van der Waals surface area contributed by atoms with E-state index in [2.05, 4.69) is 47.4 Å². The zero-order chi connectivity index (χ0) is 19.2. The summed E-state index contributed by atoms with van der Waals surface area (Å²) in [5.41, 5.74) is 2.40. The highest BCUT2D eigenvalue weighted by Crippen LogP contribution is 2.27. The number of nitrogens with zero attached hydrogens (tertiary/aromatic N) is 2. The maximum Gasteiger partial charge on any atom is 0.256 e. The molecule has 2 aromatic rings. The fourth-order valence-electron chi connectivity index (χ4n) is 4.37. The van der Waals surface area contributed by atoms with E-state index in [0.29, 0.717) is 6.61 Å². The van der Waals surface area contributed by atoms with Gasteiger partial charge in [-0.25, -0.2) is 0 Å². The van der Waals surface area contributed by atoms with Gasteiger partial charge in [-0.2, -0.15) is 0 Å². The summed E-state index contributed by atoms with van der Waals surface area (Å²) in [7, 11) is 0. The molecule has 2 aromatic carbocycles. The molecular formula is C24H30N2O2. The molecule has 148 valence electrons. The molecular weight excluding hydrogens is 348 g/mol. The second kappa shape index (κ2) is 9.35. The highest BCUT2D eigenvalue weighted by Gasteiger charge is 2.34. The van der Waals surface area contributed by atoms with E-state index in [4.69, 9.17) is 4.74 Å². The Bertz CT molecular complexity index is 736. The van der Waals surface area contributed by atoms with Crippen LogP contribution in [-0.2, 0) is 16.0 Å². The number of rotatable bonds is 6. The Morgan fingerprint density at radius 2 is 1.64 bits per heavy atom. The fourth-order valence-corrected chi connectivity index (χ4v) is 4.37. The van der Waals surface area contributed by atoms with Crippen molar-refractivity contribution in [2.75, 3.05) is 31.1 Å². The molecule has 0 radical (unpaired) electrons. The topological polar surface area (TPSA) is 32.8 Å². The molecule has 0 aromatic heterocycles. The summed E-state index contributed by atoms with van der Waals surface area (Å²) in [5, 5.41) is 0. The minimum atomic E-state index is -0.267. The van der Waals surface area contributed by atoms with Gasteiger partial charge in [0.15, 0.2) is 0 Å². The first-order valence-electron chi connectivity index (χ1n) is 10.6. The van der Waals surface area contributed by atoms with Crippen LogP contribution in [0.3, 0.4) is 0 Å². The van der Waals surface area contributed by atoms with Gasteiger partial charge in [-0.15, -0.1) is 0 Å². The third kappa shape index (κ3) is 4.62. The zero-order valence-electron chi connectivity index (χ0n) is 16.5. The van der Waals surface area contributed by atoms with Crippen molar-refractivity contribution in [2.45, 2.75) is 44.2 Å². The van der Waals surface area contributed by atoms with Crippen molar-refractivity contribution in [3.63, 3.8) is 0 Å². The minimum Gasteiger partial charge on any atom is -0.368 e. The number of piperidine rings is 1. The number of benzene rings is 2. The first-order chi connectivity index (χ1) is 13.8. The number of hydrogen-bond donors (Lipinski definition) is 0. The van der Waals surface area contributed by atoms with E-state index in [1.165, 1.54) is 5.56 Å². The second-order valence-electron chi connectivity index (χ2n) is 7.85. The van der Waals surface area contributed by atoms with E-state index in [0.717, 1.165) is 57.4 Å². The van der Waals surface area contributed by atoms with Crippen molar-refractivity contribution < 1.29 is 9.53 Å². The highest BCUT2D eigenvalue weighted by atomic mass is 16.5. The van der Waals surface area contributed by atoms with Gasteiger partial charge in [-0.3, -0.25) is 4.79 Å². The number of ether oxygens (including phenoxy) is 1. The molecule has 1 atom stereocenters. The van der Waals surface area contributed by atoms with Crippen molar-refractivity contribution in [3.05, 3.63) is 66.2 Å². The Kier molecular flexibility index (Phi) is 6.40. The molecule has 2 heterocycles. The Morgan fingerprint density at radius 3 is 2.29 bits per heavy atom. The normalized spacial score (nSPS) is 20.9. The first-order valence-corrected chi connectivity index (χ1v) is 10.6. The summed E-state index contributed by atoms with van der Waals surface area (Å²) < 4.78 is 5.72. The minimum absolute atomic E-state index is 0.145. The molecule has 0 N–H and O–H groups in total. The van der Waals surface area contributed by atoms with Crippen LogP contribution in [-0.4, -0.2) is 49.2 Å². The van der Waals surface area contributed by atoms with Crippen LogP contribution in [0.25, 0.3) is 0 Å². The molecule has 0 spiro atoms. The van der Waals surface area contributed by atoms with Crippen molar-refractivity contribution in [2.24, 2.45) is 0 Å². The van der Waals surface area contributed by atoms with Gasteiger partial charge in [-0.05, 0) is 49.8 Å².